The zero-order valence-corrected chi connectivity index (χ0v) is 12.1. The minimum absolute atomic E-state index is 0.153. The second-order valence-corrected chi connectivity index (χ2v) is 6.35. The zero-order valence-electron chi connectivity index (χ0n) is 11.2. The number of hydrogen-bond donors (Lipinski definition) is 1. The molecule has 0 radical (unpaired) electrons. The van der Waals surface area contributed by atoms with Gasteiger partial charge in [0.2, 0.25) is 0 Å². The van der Waals surface area contributed by atoms with Gasteiger partial charge in [0, 0.05) is 10.1 Å². The lowest BCUT2D eigenvalue weighted by atomic mass is 10.3. The van der Waals surface area contributed by atoms with Crippen LogP contribution in [-0.4, -0.2) is 16.5 Å². The molecule has 0 amide bonds. The van der Waals surface area contributed by atoms with Gasteiger partial charge in [-0.3, -0.25) is 0 Å². The summed E-state index contributed by atoms with van der Waals surface area (Å²) in [5.74, 6) is 1.69. The van der Waals surface area contributed by atoms with Crippen molar-refractivity contribution in [1.29, 1.82) is 0 Å². The maximum absolute atomic E-state index is 9.85. The van der Waals surface area contributed by atoms with Crippen LogP contribution in [0.4, 0.5) is 0 Å². The first-order valence-electron chi connectivity index (χ1n) is 6.99. The molecule has 2 aromatic rings. The monoisotopic (exact) mass is 286 g/mol. The summed E-state index contributed by atoms with van der Waals surface area (Å²) in [5, 5.41) is 10.2. The largest absolute Gasteiger partial charge is 0.457 e. The van der Waals surface area contributed by atoms with Crippen LogP contribution in [0.2, 0.25) is 0 Å². The smallest absolute Gasteiger partial charge is 0.127 e. The fourth-order valence-corrected chi connectivity index (χ4v) is 3.65. The number of aliphatic hydroxyl groups excluding tert-OH is 1. The molecule has 1 fully saturated rings. The molecule has 0 aromatic heterocycles. The number of aliphatic hydroxyl groups is 1. The fourth-order valence-electron chi connectivity index (χ4n) is 2.43. The average molecular weight is 286 g/mol. The molecule has 0 heterocycles. The Morgan fingerprint density at radius 1 is 0.900 bits per heavy atom. The van der Waals surface area contributed by atoms with Crippen molar-refractivity contribution in [3.63, 3.8) is 0 Å². The lowest BCUT2D eigenvalue weighted by Crippen LogP contribution is -2.14. The molecule has 3 heteroatoms. The highest BCUT2D eigenvalue weighted by atomic mass is 32.2. The predicted molar refractivity (Wildman–Crippen MR) is 82.5 cm³/mol. The van der Waals surface area contributed by atoms with Crippen molar-refractivity contribution in [2.75, 3.05) is 0 Å². The van der Waals surface area contributed by atoms with Crippen LogP contribution < -0.4 is 4.74 Å². The Bertz CT molecular complexity index is 539. The van der Waals surface area contributed by atoms with Crippen molar-refractivity contribution < 1.29 is 9.84 Å². The molecular weight excluding hydrogens is 268 g/mol. The molecule has 20 heavy (non-hydrogen) atoms. The first-order chi connectivity index (χ1) is 9.81. The summed E-state index contributed by atoms with van der Waals surface area (Å²) in [4.78, 5) is 1.19. The molecule has 0 saturated heterocycles. The maximum atomic E-state index is 9.85. The third kappa shape index (κ3) is 3.35. The van der Waals surface area contributed by atoms with Crippen LogP contribution in [0.15, 0.2) is 59.5 Å². The fraction of sp³-hybridized carbons (Fsp3) is 0.294. The van der Waals surface area contributed by atoms with E-state index in [9.17, 15) is 5.11 Å². The van der Waals surface area contributed by atoms with E-state index in [-0.39, 0.29) is 6.10 Å². The number of para-hydroxylation sites is 1. The van der Waals surface area contributed by atoms with E-state index in [1.807, 2.05) is 42.5 Å². The molecule has 2 unspecified atom stereocenters. The van der Waals surface area contributed by atoms with Gasteiger partial charge in [0.15, 0.2) is 0 Å². The highest BCUT2D eigenvalue weighted by Gasteiger charge is 2.25. The number of benzene rings is 2. The van der Waals surface area contributed by atoms with Crippen molar-refractivity contribution >= 4 is 11.8 Å². The van der Waals surface area contributed by atoms with E-state index < -0.39 is 0 Å². The lowest BCUT2D eigenvalue weighted by molar-refractivity contribution is 0.188. The highest BCUT2D eigenvalue weighted by Crippen LogP contribution is 2.35. The van der Waals surface area contributed by atoms with E-state index in [0.717, 1.165) is 30.8 Å². The Labute approximate surface area is 123 Å². The van der Waals surface area contributed by atoms with E-state index in [0.29, 0.717) is 5.25 Å². The Balaban J connectivity index is 1.62. The van der Waals surface area contributed by atoms with E-state index in [2.05, 4.69) is 12.1 Å². The summed E-state index contributed by atoms with van der Waals surface area (Å²) in [5.41, 5.74) is 0. The number of thioether (sulfide) groups is 1. The predicted octanol–water partition coefficient (Wildman–Crippen LogP) is 4.48. The van der Waals surface area contributed by atoms with Gasteiger partial charge in [0.1, 0.15) is 11.5 Å². The van der Waals surface area contributed by atoms with E-state index >= 15 is 0 Å². The molecule has 0 bridgehead atoms. The minimum Gasteiger partial charge on any atom is -0.457 e. The molecule has 1 N–H and O–H groups in total. The molecule has 104 valence electrons. The van der Waals surface area contributed by atoms with Crippen LogP contribution >= 0.6 is 11.8 Å². The first kappa shape index (κ1) is 13.5. The van der Waals surface area contributed by atoms with Crippen molar-refractivity contribution in [3.8, 4) is 11.5 Å². The second-order valence-electron chi connectivity index (χ2n) is 5.04. The van der Waals surface area contributed by atoms with E-state index in [1.165, 1.54) is 4.90 Å². The van der Waals surface area contributed by atoms with Crippen molar-refractivity contribution in [3.05, 3.63) is 54.6 Å². The van der Waals surface area contributed by atoms with Crippen LogP contribution in [-0.2, 0) is 0 Å². The van der Waals surface area contributed by atoms with Gasteiger partial charge >= 0.3 is 0 Å². The summed E-state index contributed by atoms with van der Waals surface area (Å²) in [6.07, 6.45) is 3.02. The lowest BCUT2D eigenvalue weighted by Gasteiger charge is -2.14. The Kier molecular flexibility index (Phi) is 4.28. The maximum Gasteiger partial charge on any atom is 0.127 e. The summed E-state index contributed by atoms with van der Waals surface area (Å²) < 4.78 is 5.77. The molecule has 3 rings (SSSR count). The summed E-state index contributed by atoms with van der Waals surface area (Å²) in [7, 11) is 0. The highest BCUT2D eigenvalue weighted by molar-refractivity contribution is 8.00. The summed E-state index contributed by atoms with van der Waals surface area (Å²) in [6.45, 7) is 0. The Morgan fingerprint density at radius 2 is 1.60 bits per heavy atom. The van der Waals surface area contributed by atoms with Crippen molar-refractivity contribution in [2.45, 2.75) is 35.5 Å². The van der Waals surface area contributed by atoms with Gasteiger partial charge in [0.05, 0.1) is 6.10 Å². The number of rotatable bonds is 4. The molecule has 0 spiro atoms. The SMILES string of the molecule is OC1CCCC1Sc1ccc(Oc2ccccc2)cc1. The topological polar surface area (TPSA) is 29.5 Å². The quantitative estimate of drug-likeness (QED) is 0.898. The van der Waals surface area contributed by atoms with E-state index in [1.54, 1.807) is 11.8 Å². The van der Waals surface area contributed by atoms with Crippen LogP contribution in [0.3, 0.4) is 0 Å². The zero-order chi connectivity index (χ0) is 13.8. The molecule has 2 atom stereocenters. The summed E-state index contributed by atoms with van der Waals surface area (Å²) in [6, 6.07) is 17.9. The van der Waals surface area contributed by atoms with Gasteiger partial charge in [0.25, 0.3) is 0 Å². The van der Waals surface area contributed by atoms with Crippen LogP contribution in [0.1, 0.15) is 19.3 Å². The number of ether oxygens (including phenoxy) is 1. The molecule has 1 aliphatic rings. The van der Waals surface area contributed by atoms with Crippen LogP contribution in [0.5, 0.6) is 11.5 Å². The van der Waals surface area contributed by atoms with Crippen LogP contribution in [0, 0.1) is 0 Å². The Morgan fingerprint density at radius 3 is 2.25 bits per heavy atom. The number of hydrogen-bond acceptors (Lipinski definition) is 3. The Hall–Kier alpha value is -1.45. The van der Waals surface area contributed by atoms with Gasteiger partial charge < -0.3 is 9.84 Å². The molecule has 0 aliphatic heterocycles. The van der Waals surface area contributed by atoms with Crippen molar-refractivity contribution in [1.82, 2.24) is 0 Å². The molecule has 2 aromatic carbocycles. The molecular formula is C17H18O2S. The second kappa shape index (κ2) is 6.33. The third-order valence-corrected chi connectivity index (χ3v) is 4.90. The van der Waals surface area contributed by atoms with Crippen LogP contribution in [0.25, 0.3) is 0 Å². The average Bonchev–Trinajstić information content (AvgIpc) is 2.88. The van der Waals surface area contributed by atoms with Gasteiger partial charge in [-0.25, -0.2) is 0 Å². The first-order valence-corrected chi connectivity index (χ1v) is 7.87. The van der Waals surface area contributed by atoms with Crippen molar-refractivity contribution in [2.24, 2.45) is 0 Å². The normalized spacial score (nSPS) is 21.9. The van der Waals surface area contributed by atoms with Gasteiger partial charge in [-0.05, 0) is 55.7 Å². The molecule has 1 aliphatic carbocycles. The van der Waals surface area contributed by atoms with Gasteiger partial charge in [-0.1, -0.05) is 18.2 Å². The minimum atomic E-state index is -0.153. The van der Waals surface area contributed by atoms with Gasteiger partial charge in [-0.15, -0.1) is 11.8 Å². The van der Waals surface area contributed by atoms with E-state index in [4.69, 9.17) is 4.74 Å². The third-order valence-electron chi connectivity index (χ3n) is 3.51. The standard InChI is InChI=1S/C17H18O2S/c18-16-7-4-8-17(16)20-15-11-9-14(10-12-15)19-13-5-2-1-3-6-13/h1-3,5-6,9-12,16-18H,4,7-8H2. The molecule has 2 nitrogen and oxygen atoms in total. The molecule has 1 saturated carbocycles. The summed E-state index contributed by atoms with van der Waals surface area (Å²) >= 11 is 1.77. The van der Waals surface area contributed by atoms with Gasteiger partial charge in [-0.2, -0.15) is 0 Å².